The molecule has 0 unspecified atom stereocenters. The third-order valence-corrected chi connectivity index (χ3v) is 2.34. The molecule has 0 aliphatic carbocycles. The highest BCUT2D eigenvalue weighted by Crippen LogP contribution is 2.10. The molecule has 4 heteroatoms. The normalized spacial score (nSPS) is 9.93. The van der Waals surface area contributed by atoms with E-state index in [2.05, 4.69) is 17.9 Å². The van der Waals surface area contributed by atoms with Crippen LogP contribution in [-0.2, 0) is 11.2 Å². The molecule has 0 fully saturated rings. The molecule has 0 radical (unpaired) electrons. The van der Waals surface area contributed by atoms with Crippen LogP contribution in [0.15, 0.2) is 24.3 Å². The Hall–Kier alpha value is -1.16. The van der Waals surface area contributed by atoms with Crippen molar-refractivity contribution in [3.8, 4) is 0 Å². The highest BCUT2D eigenvalue weighted by Gasteiger charge is 1.97. The monoisotopic (exact) mass is 225 g/mol. The number of hydrogen-bond donors (Lipinski definition) is 3. The fourth-order valence-electron chi connectivity index (χ4n) is 1.25. The molecule has 0 saturated heterocycles. The quantitative estimate of drug-likeness (QED) is 0.649. The Balaban J connectivity index is 2.45. The Kier molecular flexibility index (Phi) is 5.04. The smallest absolute Gasteiger partial charge is 0.322 e. The van der Waals surface area contributed by atoms with Gasteiger partial charge in [0.25, 0.3) is 0 Å². The van der Waals surface area contributed by atoms with E-state index in [-0.39, 0.29) is 6.54 Å². The second-order valence-corrected chi connectivity index (χ2v) is 3.72. The Morgan fingerprint density at radius 3 is 2.53 bits per heavy atom. The Morgan fingerprint density at radius 1 is 1.33 bits per heavy atom. The first kappa shape index (κ1) is 11.9. The van der Waals surface area contributed by atoms with E-state index in [0.29, 0.717) is 0 Å². The summed E-state index contributed by atoms with van der Waals surface area (Å²) in [5.41, 5.74) is 2.09. The molecule has 82 valence electrons. The Bertz CT molecular complexity index is 311. The van der Waals surface area contributed by atoms with Crippen molar-refractivity contribution in [3.05, 3.63) is 29.8 Å². The second-order valence-electron chi connectivity index (χ2n) is 3.27. The van der Waals surface area contributed by atoms with E-state index in [9.17, 15) is 4.79 Å². The number of thiol groups is 1. The van der Waals surface area contributed by atoms with Crippen LogP contribution < -0.4 is 5.32 Å². The van der Waals surface area contributed by atoms with Crippen molar-refractivity contribution >= 4 is 24.3 Å². The molecule has 0 aliphatic heterocycles. The summed E-state index contributed by atoms with van der Waals surface area (Å²) < 4.78 is 0. The van der Waals surface area contributed by atoms with Gasteiger partial charge in [0, 0.05) is 5.69 Å². The van der Waals surface area contributed by atoms with Crippen LogP contribution in [0.2, 0.25) is 0 Å². The first-order valence-corrected chi connectivity index (χ1v) is 5.51. The fourth-order valence-corrected chi connectivity index (χ4v) is 1.41. The van der Waals surface area contributed by atoms with Crippen LogP contribution in [0.3, 0.4) is 0 Å². The molecular formula is C11H15NO2S. The van der Waals surface area contributed by atoms with E-state index in [4.69, 9.17) is 5.11 Å². The van der Waals surface area contributed by atoms with Crippen LogP contribution in [0, 0.1) is 0 Å². The summed E-state index contributed by atoms with van der Waals surface area (Å²) >= 11 is 4.15. The van der Waals surface area contributed by atoms with Gasteiger partial charge in [-0.15, -0.1) is 0 Å². The minimum absolute atomic E-state index is 0.0456. The fraction of sp³-hybridized carbons (Fsp3) is 0.364. The molecule has 0 saturated carbocycles. The van der Waals surface area contributed by atoms with Gasteiger partial charge < -0.3 is 10.4 Å². The lowest BCUT2D eigenvalue weighted by Gasteiger charge is -2.04. The largest absolute Gasteiger partial charge is 0.480 e. The molecule has 0 amide bonds. The number of hydrogen-bond acceptors (Lipinski definition) is 3. The average Bonchev–Trinajstić information content (AvgIpc) is 2.25. The summed E-state index contributed by atoms with van der Waals surface area (Å²) in [7, 11) is 0. The van der Waals surface area contributed by atoms with E-state index >= 15 is 0 Å². The lowest BCUT2D eigenvalue weighted by atomic mass is 10.1. The number of rotatable bonds is 6. The summed E-state index contributed by atoms with van der Waals surface area (Å²) in [6.45, 7) is -0.0456. The molecule has 3 nitrogen and oxygen atoms in total. The van der Waals surface area contributed by atoms with Crippen LogP contribution in [-0.4, -0.2) is 23.4 Å². The van der Waals surface area contributed by atoms with Crippen molar-refractivity contribution in [1.29, 1.82) is 0 Å². The van der Waals surface area contributed by atoms with Gasteiger partial charge in [-0.2, -0.15) is 12.6 Å². The van der Waals surface area contributed by atoms with E-state index < -0.39 is 5.97 Å². The maximum absolute atomic E-state index is 10.3. The third-order valence-electron chi connectivity index (χ3n) is 2.02. The summed E-state index contributed by atoms with van der Waals surface area (Å²) in [6.07, 6.45) is 2.08. The van der Waals surface area contributed by atoms with Gasteiger partial charge in [-0.05, 0) is 36.3 Å². The first-order valence-electron chi connectivity index (χ1n) is 4.88. The molecule has 15 heavy (non-hydrogen) atoms. The van der Waals surface area contributed by atoms with Crippen LogP contribution in [0.4, 0.5) is 5.69 Å². The zero-order valence-electron chi connectivity index (χ0n) is 8.44. The standard InChI is InChI=1S/C11H15NO2S/c13-11(14)8-12-10-5-3-9(4-6-10)2-1-7-15/h3-6,12,15H,1-2,7-8H2,(H,13,14). The van der Waals surface area contributed by atoms with Gasteiger partial charge in [0.05, 0.1) is 0 Å². The molecule has 0 spiro atoms. The molecule has 0 atom stereocenters. The number of aryl methyl sites for hydroxylation is 1. The summed E-state index contributed by atoms with van der Waals surface area (Å²) in [5, 5.41) is 11.3. The summed E-state index contributed by atoms with van der Waals surface area (Å²) in [6, 6.07) is 7.81. The predicted molar refractivity (Wildman–Crippen MR) is 64.7 cm³/mol. The Morgan fingerprint density at radius 2 is 2.00 bits per heavy atom. The van der Waals surface area contributed by atoms with Crippen molar-refractivity contribution in [2.45, 2.75) is 12.8 Å². The number of nitrogens with one attached hydrogen (secondary N) is 1. The van der Waals surface area contributed by atoms with Crippen LogP contribution >= 0.6 is 12.6 Å². The molecule has 0 heterocycles. The molecule has 0 bridgehead atoms. The maximum Gasteiger partial charge on any atom is 0.322 e. The van der Waals surface area contributed by atoms with Gasteiger partial charge in [-0.25, -0.2) is 0 Å². The van der Waals surface area contributed by atoms with Gasteiger partial charge in [-0.1, -0.05) is 12.1 Å². The van der Waals surface area contributed by atoms with E-state index in [1.165, 1.54) is 5.56 Å². The van der Waals surface area contributed by atoms with E-state index in [1.54, 1.807) is 0 Å². The van der Waals surface area contributed by atoms with Crippen LogP contribution in [0.25, 0.3) is 0 Å². The SMILES string of the molecule is O=C(O)CNc1ccc(CCCS)cc1. The predicted octanol–water partition coefficient (Wildman–Crippen LogP) is 2.05. The zero-order valence-corrected chi connectivity index (χ0v) is 9.33. The highest BCUT2D eigenvalue weighted by molar-refractivity contribution is 7.80. The van der Waals surface area contributed by atoms with Crippen molar-refractivity contribution in [3.63, 3.8) is 0 Å². The number of carboxylic acid groups (broad SMARTS) is 1. The molecule has 1 aromatic carbocycles. The third kappa shape index (κ3) is 4.74. The average molecular weight is 225 g/mol. The van der Waals surface area contributed by atoms with Gasteiger partial charge >= 0.3 is 5.97 Å². The summed E-state index contributed by atoms with van der Waals surface area (Å²) in [4.78, 5) is 10.3. The molecule has 0 aromatic heterocycles. The summed E-state index contributed by atoms with van der Waals surface area (Å²) in [5.74, 6) is 0.0353. The molecular weight excluding hydrogens is 210 g/mol. The molecule has 0 aliphatic rings. The number of carboxylic acids is 1. The van der Waals surface area contributed by atoms with Crippen molar-refractivity contribution in [1.82, 2.24) is 0 Å². The number of aliphatic carboxylic acids is 1. The first-order chi connectivity index (χ1) is 7.22. The van der Waals surface area contributed by atoms with Crippen LogP contribution in [0.5, 0.6) is 0 Å². The maximum atomic E-state index is 10.3. The number of anilines is 1. The minimum Gasteiger partial charge on any atom is -0.480 e. The lowest BCUT2D eigenvalue weighted by molar-refractivity contribution is -0.134. The van der Waals surface area contributed by atoms with Gasteiger partial charge in [0.15, 0.2) is 0 Å². The minimum atomic E-state index is -0.853. The lowest BCUT2D eigenvalue weighted by Crippen LogP contribution is -2.12. The topological polar surface area (TPSA) is 49.3 Å². The molecule has 1 rings (SSSR count). The van der Waals surface area contributed by atoms with Crippen molar-refractivity contribution in [2.24, 2.45) is 0 Å². The van der Waals surface area contributed by atoms with Gasteiger partial charge in [0.1, 0.15) is 6.54 Å². The van der Waals surface area contributed by atoms with Crippen molar-refractivity contribution < 1.29 is 9.90 Å². The van der Waals surface area contributed by atoms with Gasteiger partial charge in [-0.3, -0.25) is 4.79 Å². The Labute approximate surface area is 94.9 Å². The van der Waals surface area contributed by atoms with E-state index in [1.807, 2.05) is 24.3 Å². The zero-order chi connectivity index (χ0) is 11.1. The number of carbonyl (C=O) groups is 1. The van der Waals surface area contributed by atoms with E-state index in [0.717, 1.165) is 24.3 Å². The molecule has 1 aromatic rings. The van der Waals surface area contributed by atoms with Crippen molar-refractivity contribution in [2.75, 3.05) is 17.6 Å². The highest BCUT2D eigenvalue weighted by atomic mass is 32.1. The van der Waals surface area contributed by atoms with Gasteiger partial charge in [0.2, 0.25) is 0 Å². The van der Waals surface area contributed by atoms with Crippen LogP contribution in [0.1, 0.15) is 12.0 Å². The molecule has 2 N–H and O–H groups in total. The number of benzene rings is 1. The second kappa shape index (κ2) is 6.35.